The summed E-state index contributed by atoms with van der Waals surface area (Å²) in [6, 6.07) is 0. The molecule has 0 heterocycles. The topological polar surface area (TPSA) is 85.6 Å². The van der Waals surface area contributed by atoms with Crippen LogP contribution in [-0.4, -0.2) is 26.0 Å². The minimum Gasteiger partial charge on any atom is -0.328 e. The Hall–Kier alpha value is -1.37. The summed E-state index contributed by atoms with van der Waals surface area (Å²) in [6.45, 7) is 5.64. The summed E-state index contributed by atoms with van der Waals surface area (Å²) < 4.78 is 0. The normalized spacial score (nSPS) is 39.8. The van der Waals surface area contributed by atoms with Gasteiger partial charge in [-0.15, -0.1) is 0 Å². The molecule has 156 valence electrons. The van der Waals surface area contributed by atoms with E-state index in [9.17, 15) is 4.79 Å². The van der Waals surface area contributed by atoms with Crippen LogP contribution in [0.3, 0.4) is 0 Å². The first kappa shape index (κ1) is 19.9. The predicted octanol–water partition coefficient (Wildman–Crippen LogP) is 2.97. The maximum Gasteiger partial charge on any atom is 0.139 e. The number of hydroxylamine groups is 2. The van der Waals surface area contributed by atoms with Crippen molar-refractivity contribution in [2.24, 2.45) is 34.3 Å². The average Bonchev–Trinajstić information content (AvgIpc) is 2.98. The molecule has 4 aliphatic carbocycles. The standard InChI is InChI=1S/C22H35N3O3/c1-21-8-6-14(24-28-11-10-23)12-18(21)19(25-27-3)13-15-16-4-5-20(26)22(16,2)9-7-17(15)21/h12,15-17,24-25H,4-11,13,23H2,1-3H3/t15-,16-,17-,21+,22-/m0/s1. The molecule has 0 radical (unpaired) electrons. The summed E-state index contributed by atoms with van der Waals surface area (Å²) in [4.78, 5) is 23.5. The number of allylic oxidation sites excluding steroid dienone is 4. The Morgan fingerprint density at radius 1 is 1.14 bits per heavy atom. The summed E-state index contributed by atoms with van der Waals surface area (Å²) >= 11 is 0. The minimum absolute atomic E-state index is 0.107. The number of nitrogens with one attached hydrogen (secondary N) is 2. The Kier molecular flexibility index (Phi) is 5.31. The molecule has 0 amide bonds. The van der Waals surface area contributed by atoms with E-state index in [0.29, 0.717) is 36.7 Å². The molecule has 4 rings (SSSR count). The maximum atomic E-state index is 12.6. The van der Waals surface area contributed by atoms with Crippen LogP contribution in [0.25, 0.3) is 0 Å². The van der Waals surface area contributed by atoms with Crippen LogP contribution in [0.2, 0.25) is 0 Å². The van der Waals surface area contributed by atoms with Gasteiger partial charge in [-0.1, -0.05) is 13.8 Å². The van der Waals surface area contributed by atoms with Crippen molar-refractivity contribution in [2.45, 2.75) is 58.8 Å². The number of hydrogen-bond acceptors (Lipinski definition) is 6. The molecule has 0 aromatic carbocycles. The fraction of sp³-hybridized carbons (Fsp3) is 0.773. The Morgan fingerprint density at radius 3 is 2.68 bits per heavy atom. The molecule has 4 aliphatic rings. The molecule has 6 nitrogen and oxygen atoms in total. The van der Waals surface area contributed by atoms with Crippen LogP contribution in [0.5, 0.6) is 0 Å². The predicted molar refractivity (Wildman–Crippen MR) is 107 cm³/mol. The fourth-order valence-electron chi connectivity index (χ4n) is 6.74. The van der Waals surface area contributed by atoms with Gasteiger partial charge >= 0.3 is 0 Å². The summed E-state index contributed by atoms with van der Waals surface area (Å²) in [6.07, 6.45) is 9.27. The zero-order valence-electron chi connectivity index (χ0n) is 17.5. The SMILES string of the molecule is CONC1=C2C=C(NOCCN)CC[C@]2(C)[C@H]2CC[C@]3(C)C(=O)CC[C@H]3[C@@H]2C1. The van der Waals surface area contributed by atoms with Gasteiger partial charge in [0, 0.05) is 29.8 Å². The van der Waals surface area contributed by atoms with Crippen molar-refractivity contribution in [2.75, 3.05) is 20.3 Å². The van der Waals surface area contributed by atoms with Crippen molar-refractivity contribution >= 4 is 5.78 Å². The lowest BCUT2D eigenvalue weighted by atomic mass is 9.48. The van der Waals surface area contributed by atoms with Crippen LogP contribution in [0.4, 0.5) is 0 Å². The molecule has 0 aliphatic heterocycles. The number of hydrogen-bond donors (Lipinski definition) is 3. The second-order valence-corrected chi connectivity index (χ2v) is 9.52. The molecule has 0 unspecified atom stereocenters. The Labute approximate surface area is 168 Å². The summed E-state index contributed by atoms with van der Waals surface area (Å²) in [5.41, 5.74) is 15.4. The second kappa shape index (κ2) is 7.47. The van der Waals surface area contributed by atoms with Gasteiger partial charge < -0.3 is 5.73 Å². The highest BCUT2D eigenvalue weighted by molar-refractivity contribution is 5.87. The number of rotatable bonds is 6. The van der Waals surface area contributed by atoms with Crippen molar-refractivity contribution < 1.29 is 14.5 Å². The number of ketones is 1. The molecule has 5 atom stereocenters. The van der Waals surface area contributed by atoms with Crippen LogP contribution in [-0.2, 0) is 14.5 Å². The molecule has 0 spiro atoms. The van der Waals surface area contributed by atoms with Gasteiger partial charge in [0.05, 0.1) is 13.7 Å². The Bertz CT molecular complexity index is 703. The number of fused-ring (bicyclic) bond motifs is 5. The average molecular weight is 390 g/mol. The maximum absolute atomic E-state index is 12.6. The number of Topliss-reactive ketones (excluding diaryl/α,β-unsaturated/α-hetero) is 1. The fourth-order valence-corrected chi connectivity index (χ4v) is 6.74. The van der Waals surface area contributed by atoms with E-state index in [1.165, 1.54) is 11.3 Å². The lowest BCUT2D eigenvalue weighted by Crippen LogP contribution is -2.51. The highest BCUT2D eigenvalue weighted by Gasteiger charge is 2.59. The van der Waals surface area contributed by atoms with Crippen molar-refractivity contribution in [1.82, 2.24) is 11.0 Å². The van der Waals surface area contributed by atoms with Gasteiger partial charge in [0.1, 0.15) is 5.78 Å². The van der Waals surface area contributed by atoms with Crippen LogP contribution in [0.1, 0.15) is 58.8 Å². The molecule has 0 bridgehead atoms. The molecule has 28 heavy (non-hydrogen) atoms. The number of nitrogens with two attached hydrogens (primary N) is 1. The van der Waals surface area contributed by atoms with Crippen molar-refractivity contribution in [3.05, 3.63) is 23.0 Å². The lowest BCUT2D eigenvalue weighted by molar-refractivity contribution is -0.131. The van der Waals surface area contributed by atoms with Gasteiger partial charge in [-0.2, -0.15) is 0 Å². The molecule has 0 aromatic heterocycles. The second-order valence-electron chi connectivity index (χ2n) is 9.52. The molecular weight excluding hydrogens is 354 g/mol. The highest BCUT2D eigenvalue weighted by atomic mass is 16.6. The van der Waals surface area contributed by atoms with Crippen molar-refractivity contribution in [3.63, 3.8) is 0 Å². The van der Waals surface area contributed by atoms with Crippen LogP contribution < -0.4 is 16.7 Å². The van der Waals surface area contributed by atoms with E-state index >= 15 is 0 Å². The van der Waals surface area contributed by atoms with E-state index in [2.05, 4.69) is 30.9 Å². The van der Waals surface area contributed by atoms with E-state index in [1.807, 2.05) is 0 Å². The quantitative estimate of drug-likeness (QED) is 0.478. The third-order valence-corrected chi connectivity index (χ3v) is 8.23. The zero-order chi connectivity index (χ0) is 19.9. The molecule has 6 heteroatoms. The van der Waals surface area contributed by atoms with Gasteiger partial charge in [0.15, 0.2) is 0 Å². The molecule has 0 aromatic rings. The van der Waals surface area contributed by atoms with Crippen molar-refractivity contribution in [3.8, 4) is 0 Å². The minimum atomic E-state index is -0.111. The van der Waals surface area contributed by atoms with Crippen LogP contribution >= 0.6 is 0 Å². The van der Waals surface area contributed by atoms with E-state index in [4.69, 9.17) is 15.4 Å². The molecule has 2 saturated carbocycles. The lowest BCUT2D eigenvalue weighted by Gasteiger charge is -2.56. The first-order chi connectivity index (χ1) is 13.4. The van der Waals surface area contributed by atoms with Crippen molar-refractivity contribution in [1.29, 1.82) is 0 Å². The highest BCUT2D eigenvalue weighted by Crippen LogP contribution is 2.64. The zero-order valence-corrected chi connectivity index (χ0v) is 17.5. The van der Waals surface area contributed by atoms with Crippen LogP contribution in [0, 0.1) is 28.6 Å². The van der Waals surface area contributed by atoms with Gasteiger partial charge in [-0.05, 0) is 73.3 Å². The van der Waals surface area contributed by atoms with Gasteiger partial charge in [-0.25, -0.2) is 0 Å². The van der Waals surface area contributed by atoms with Crippen LogP contribution in [0.15, 0.2) is 23.0 Å². The largest absolute Gasteiger partial charge is 0.328 e. The third-order valence-electron chi connectivity index (χ3n) is 8.23. The van der Waals surface area contributed by atoms with Gasteiger partial charge in [0.2, 0.25) is 0 Å². The van der Waals surface area contributed by atoms with Gasteiger partial charge in [0.25, 0.3) is 0 Å². The van der Waals surface area contributed by atoms with E-state index < -0.39 is 0 Å². The molecule has 2 fully saturated rings. The summed E-state index contributed by atoms with van der Waals surface area (Å²) in [5, 5.41) is 0. The van der Waals surface area contributed by atoms with Gasteiger partial charge in [-0.3, -0.25) is 25.4 Å². The number of carbonyl (C=O) groups excluding carboxylic acids is 1. The first-order valence-corrected chi connectivity index (χ1v) is 10.8. The van der Waals surface area contributed by atoms with E-state index in [0.717, 1.165) is 50.6 Å². The first-order valence-electron chi connectivity index (χ1n) is 10.8. The molecule has 0 saturated heterocycles. The molecule has 4 N–H and O–H groups in total. The monoisotopic (exact) mass is 389 g/mol. The van der Waals surface area contributed by atoms with E-state index in [1.54, 1.807) is 7.11 Å². The third kappa shape index (κ3) is 3.01. The Balaban J connectivity index is 1.68. The summed E-state index contributed by atoms with van der Waals surface area (Å²) in [7, 11) is 1.68. The smallest absolute Gasteiger partial charge is 0.139 e. The molecular formula is C22H35N3O3. The summed E-state index contributed by atoms with van der Waals surface area (Å²) in [5.74, 6) is 2.16. The van der Waals surface area contributed by atoms with E-state index in [-0.39, 0.29) is 10.8 Å². The Morgan fingerprint density at radius 2 is 1.93 bits per heavy atom. The number of carbonyl (C=O) groups is 1.